The number of amides is 1. The van der Waals surface area contributed by atoms with Crippen LogP contribution >= 0.6 is 23.4 Å². The van der Waals surface area contributed by atoms with Gasteiger partial charge in [0.05, 0.1) is 23.9 Å². The van der Waals surface area contributed by atoms with Crippen molar-refractivity contribution in [1.29, 1.82) is 0 Å². The van der Waals surface area contributed by atoms with E-state index in [4.69, 9.17) is 21.1 Å². The number of hydrogen-bond acceptors (Lipinski definition) is 7. The van der Waals surface area contributed by atoms with E-state index in [1.54, 1.807) is 24.3 Å². The summed E-state index contributed by atoms with van der Waals surface area (Å²) in [5.41, 5.74) is 3.44. The van der Waals surface area contributed by atoms with Crippen molar-refractivity contribution in [2.24, 2.45) is 5.10 Å². The van der Waals surface area contributed by atoms with E-state index in [1.807, 2.05) is 36.0 Å². The first-order valence-corrected chi connectivity index (χ1v) is 13.9. The lowest BCUT2D eigenvalue weighted by Gasteiger charge is -2.25. The molecule has 8 nitrogen and oxygen atoms in total. The maximum absolute atomic E-state index is 13.4. The fraction of sp³-hybridized carbons (Fsp3) is 0.200. The molecule has 1 heterocycles. The van der Waals surface area contributed by atoms with E-state index < -0.39 is 22.5 Å². The molecule has 0 bridgehead atoms. The van der Waals surface area contributed by atoms with E-state index in [9.17, 15) is 13.2 Å². The van der Waals surface area contributed by atoms with E-state index in [1.165, 1.54) is 37.6 Å². The van der Waals surface area contributed by atoms with Crippen molar-refractivity contribution >= 4 is 51.2 Å². The summed E-state index contributed by atoms with van der Waals surface area (Å²) in [6.07, 6.45) is 1.73. The highest BCUT2D eigenvalue weighted by atomic mass is 35.5. The summed E-state index contributed by atoms with van der Waals surface area (Å²) in [6.45, 7) is -0.487. The third-order valence-corrected chi connectivity index (χ3v) is 8.50. The van der Waals surface area contributed by atoms with Crippen LogP contribution in [-0.4, -0.2) is 51.8 Å². The number of methoxy groups -OCH3 is 1. The van der Waals surface area contributed by atoms with Gasteiger partial charge in [0.1, 0.15) is 24.1 Å². The molecule has 188 valence electrons. The molecule has 0 atom stereocenters. The van der Waals surface area contributed by atoms with Gasteiger partial charge in [-0.25, -0.2) is 13.8 Å². The lowest BCUT2D eigenvalue weighted by molar-refractivity contribution is -0.119. The molecule has 1 amide bonds. The van der Waals surface area contributed by atoms with Gasteiger partial charge in [-0.2, -0.15) is 16.9 Å². The van der Waals surface area contributed by atoms with Gasteiger partial charge in [0, 0.05) is 16.5 Å². The number of hydrogen-bond donors (Lipinski definition) is 1. The molecule has 1 fully saturated rings. The Morgan fingerprint density at radius 2 is 1.69 bits per heavy atom. The second-order valence-corrected chi connectivity index (χ2v) is 11.2. The Morgan fingerprint density at radius 3 is 2.28 bits per heavy atom. The van der Waals surface area contributed by atoms with Gasteiger partial charge in [-0.05, 0) is 78.4 Å². The van der Waals surface area contributed by atoms with Gasteiger partial charge in [-0.1, -0.05) is 11.6 Å². The molecule has 11 heteroatoms. The van der Waals surface area contributed by atoms with Gasteiger partial charge in [-0.3, -0.25) is 9.10 Å². The highest BCUT2D eigenvalue weighted by Gasteiger charge is 2.27. The number of hydrazone groups is 1. The normalized spacial score (nSPS) is 13.7. The highest BCUT2D eigenvalue weighted by molar-refractivity contribution is 8.00. The number of thioether (sulfide) groups is 1. The second-order valence-electron chi connectivity index (χ2n) is 7.80. The fourth-order valence-corrected chi connectivity index (χ4v) is 5.36. The molecule has 1 N–H and O–H groups in total. The Kier molecular flexibility index (Phi) is 8.40. The van der Waals surface area contributed by atoms with Gasteiger partial charge in [-0.15, -0.1) is 0 Å². The second kappa shape index (κ2) is 11.7. The number of rotatable bonds is 10. The minimum absolute atomic E-state index is 0.0114. The predicted molar refractivity (Wildman–Crippen MR) is 143 cm³/mol. The third-order valence-electron chi connectivity index (χ3n) is 5.24. The molecule has 1 saturated heterocycles. The number of sulfonamides is 1. The van der Waals surface area contributed by atoms with Crippen molar-refractivity contribution in [3.05, 3.63) is 83.4 Å². The Bertz CT molecular complexity index is 1310. The molecular weight excluding hydrogens is 522 g/mol. The van der Waals surface area contributed by atoms with E-state index in [-0.39, 0.29) is 16.7 Å². The van der Waals surface area contributed by atoms with Gasteiger partial charge in [0.25, 0.3) is 15.9 Å². The molecule has 1 aliphatic heterocycles. The average Bonchev–Trinajstić information content (AvgIpc) is 2.86. The summed E-state index contributed by atoms with van der Waals surface area (Å²) in [5, 5.41) is 4.41. The first kappa shape index (κ1) is 25.9. The van der Waals surface area contributed by atoms with Crippen LogP contribution in [0.25, 0.3) is 0 Å². The van der Waals surface area contributed by atoms with Crippen LogP contribution in [0.4, 0.5) is 5.69 Å². The standard InChI is InChI=1S/C25H24ClN3O5S2/c1-33-21-10-12-24(13-11-21)36(31,32)29(20-6-4-19(26)5-7-20)15-25(30)28-27-14-18-2-8-22(9-3-18)34-23-16-35-17-23/h2-14,23H,15-17H2,1H3,(H,28,30)/b27-14+. The van der Waals surface area contributed by atoms with Crippen LogP contribution in [0.5, 0.6) is 11.5 Å². The maximum Gasteiger partial charge on any atom is 0.264 e. The summed E-state index contributed by atoms with van der Waals surface area (Å²) >= 11 is 7.82. The van der Waals surface area contributed by atoms with Gasteiger partial charge in [0.15, 0.2) is 0 Å². The van der Waals surface area contributed by atoms with Gasteiger partial charge in [0.2, 0.25) is 0 Å². The van der Waals surface area contributed by atoms with E-state index in [2.05, 4.69) is 10.5 Å². The summed E-state index contributed by atoms with van der Waals surface area (Å²) < 4.78 is 38.7. The Hall–Kier alpha value is -3.21. The lowest BCUT2D eigenvalue weighted by atomic mass is 10.2. The Labute approximate surface area is 219 Å². The summed E-state index contributed by atoms with van der Waals surface area (Å²) in [5.74, 6) is 2.68. The van der Waals surface area contributed by atoms with Crippen molar-refractivity contribution in [3.8, 4) is 11.5 Å². The number of halogens is 1. The molecule has 3 aromatic rings. The number of benzene rings is 3. The minimum Gasteiger partial charge on any atom is -0.497 e. The molecule has 0 aromatic heterocycles. The van der Waals surface area contributed by atoms with Gasteiger partial charge >= 0.3 is 0 Å². The Morgan fingerprint density at radius 1 is 1.06 bits per heavy atom. The smallest absolute Gasteiger partial charge is 0.264 e. The fourth-order valence-electron chi connectivity index (χ4n) is 3.25. The molecule has 4 rings (SSSR count). The van der Waals surface area contributed by atoms with Gasteiger partial charge < -0.3 is 9.47 Å². The maximum atomic E-state index is 13.4. The van der Waals surface area contributed by atoms with E-state index in [0.717, 1.165) is 27.1 Å². The van der Waals surface area contributed by atoms with E-state index >= 15 is 0 Å². The Balaban J connectivity index is 1.45. The molecule has 0 aliphatic carbocycles. The third kappa shape index (κ3) is 6.51. The quantitative estimate of drug-likeness (QED) is 0.303. The molecule has 1 aliphatic rings. The molecule has 3 aromatic carbocycles. The highest BCUT2D eigenvalue weighted by Crippen LogP contribution is 2.26. The zero-order chi connectivity index (χ0) is 25.5. The lowest BCUT2D eigenvalue weighted by Crippen LogP contribution is -2.39. The van der Waals surface area contributed by atoms with Crippen LogP contribution in [0.3, 0.4) is 0 Å². The zero-order valence-electron chi connectivity index (χ0n) is 19.3. The van der Waals surface area contributed by atoms with Crippen LogP contribution in [-0.2, 0) is 14.8 Å². The van der Waals surface area contributed by atoms with Crippen LogP contribution in [0.2, 0.25) is 5.02 Å². The molecule has 0 unspecified atom stereocenters. The number of carbonyl (C=O) groups excluding carboxylic acids is 1. The van der Waals surface area contributed by atoms with Crippen molar-refractivity contribution in [1.82, 2.24) is 5.43 Å². The van der Waals surface area contributed by atoms with Crippen LogP contribution in [0.1, 0.15) is 5.56 Å². The van der Waals surface area contributed by atoms with Crippen molar-refractivity contribution in [2.45, 2.75) is 11.0 Å². The number of ether oxygens (including phenoxy) is 2. The number of carbonyl (C=O) groups is 1. The molecule has 36 heavy (non-hydrogen) atoms. The summed E-state index contributed by atoms with van der Waals surface area (Å²) in [6, 6.07) is 19.4. The monoisotopic (exact) mass is 545 g/mol. The van der Waals surface area contributed by atoms with Crippen LogP contribution in [0, 0.1) is 0 Å². The van der Waals surface area contributed by atoms with Crippen LogP contribution < -0.4 is 19.2 Å². The topological polar surface area (TPSA) is 97.3 Å². The zero-order valence-corrected chi connectivity index (χ0v) is 21.7. The molecular formula is C25H24ClN3O5S2. The van der Waals surface area contributed by atoms with Crippen LogP contribution in [0.15, 0.2) is 82.8 Å². The molecule has 0 spiro atoms. The first-order chi connectivity index (χ1) is 17.3. The van der Waals surface area contributed by atoms with Crippen molar-refractivity contribution in [2.75, 3.05) is 29.5 Å². The number of anilines is 1. The average molecular weight is 546 g/mol. The number of nitrogens with zero attached hydrogens (tertiary/aromatic N) is 2. The first-order valence-electron chi connectivity index (χ1n) is 10.9. The van der Waals surface area contributed by atoms with Crippen molar-refractivity contribution in [3.63, 3.8) is 0 Å². The predicted octanol–water partition coefficient (Wildman–Crippen LogP) is 4.19. The van der Waals surface area contributed by atoms with E-state index in [0.29, 0.717) is 10.8 Å². The molecule has 0 radical (unpaired) electrons. The minimum atomic E-state index is -4.07. The SMILES string of the molecule is COc1ccc(S(=O)(=O)N(CC(=O)N/N=C/c2ccc(OC3CSC3)cc2)c2ccc(Cl)cc2)cc1. The summed E-state index contributed by atoms with van der Waals surface area (Å²) in [4.78, 5) is 12.7. The van der Waals surface area contributed by atoms with Crippen molar-refractivity contribution < 1.29 is 22.7 Å². The number of nitrogens with one attached hydrogen (secondary N) is 1. The molecule has 0 saturated carbocycles. The summed E-state index contributed by atoms with van der Waals surface area (Å²) in [7, 11) is -2.58. The largest absolute Gasteiger partial charge is 0.497 e.